The van der Waals surface area contributed by atoms with Crippen LogP contribution in [0.15, 0.2) is 53.1 Å². The molecule has 0 spiro atoms. The van der Waals surface area contributed by atoms with Gasteiger partial charge < -0.3 is 19.8 Å². The molecule has 2 unspecified atom stereocenters. The summed E-state index contributed by atoms with van der Waals surface area (Å²) in [6.45, 7) is 6.11. The van der Waals surface area contributed by atoms with Crippen molar-refractivity contribution in [1.29, 1.82) is 0 Å². The summed E-state index contributed by atoms with van der Waals surface area (Å²) in [5, 5.41) is 5.56. The fourth-order valence-electron chi connectivity index (χ4n) is 3.35. The average molecular weight is 489 g/mol. The summed E-state index contributed by atoms with van der Waals surface area (Å²) in [5.74, 6) is 1.44. The summed E-state index contributed by atoms with van der Waals surface area (Å²) >= 11 is 1.46. The van der Waals surface area contributed by atoms with Crippen molar-refractivity contribution >= 4 is 29.5 Å². The number of ether oxygens (including phenoxy) is 1. The Morgan fingerprint density at radius 2 is 1.79 bits per heavy atom. The number of benzene rings is 1. The van der Waals surface area contributed by atoms with Crippen LogP contribution in [0, 0.1) is 5.92 Å². The van der Waals surface area contributed by atoms with Crippen molar-refractivity contribution in [2.75, 3.05) is 5.75 Å². The van der Waals surface area contributed by atoms with Gasteiger partial charge in [0.15, 0.2) is 5.78 Å². The molecule has 0 radical (unpaired) electrons. The van der Waals surface area contributed by atoms with E-state index in [9.17, 15) is 14.4 Å². The summed E-state index contributed by atoms with van der Waals surface area (Å²) in [7, 11) is 0. The highest BCUT2D eigenvalue weighted by atomic mass is 32.2. The lowest BCUT2D eigenvalue weighted by atomic mass is 10.0. The zero-order valence-corrected chi connectivity index (χ0v) is 21.1. The minimum absolute atomic E-state index is 0.0340. The Kier molecular flexibility index (Phi) is 12.3. The van der Waals surface area contributed by atoms with Gasteiger partial charge >= 0.3 is 6.09 Å². The highest BCUT2D eigenvalue weighted by Gasteiger charge is 2.27. The molecule has 2 amide bonds. The highest BCUT2D eigenvalue weighted by molar-refractivity contribution is 7.99. The molecule has 7 nitrogen and oxygen atoms in total. The summed E-state index contributed by atoms with van der Waals surface area (Å²) in [6.07, 6.45) is 3.69. The van der Waals surface area contributed by atoms with Crippen LogP contribution in [-0.2, 0) is 26.7 Å². The molecule has 0 aliphatic rings. The monoisotopic (exact) mass is 488 g/mol. The molecule has 2 rings (SSSR count). The van der Waals surface area contributed by atoms with E-state index >= 15 is 0 Å². The number of alkyl carbamates (subject to hydrolysis) is 1. The lowest BCUT2D eigenvalue weighted by Crippen LogP contribution is -2.52. The zero-order chi connectivity index (χ0) is 24.8. The normalized spacial score (nSPS) is 12.7. The summed E-state index contributed by atoms with van der Waals surface area (Å²) in [6, 6.07) is 11.7. The third-order valence-corrected chi connectivity index (χ3v) is 6.13. The van der Waals surface area contributed by atoms with E-state index in [1.54, 1.807) is 6.26 Å². The van der Waals surface area contributed by atoms with Crippen molar-refractivity contribution in [3.05, 3.63) is 60.1 Å². The van der Waals surface area contributed by atoms with Gasteiger partial charge in [0.05, 0.1) is 23.8 Å². The molecule has 34 heavy (non-hydrogen) atoms. The molecule has 1 aromatic heterocycles. The number of carbonyl (C=O) groups is 3. The lowest BCUT2D eigenvalue weighted by Gasteiger charge is -2.24. The maximum Gasteiger partial charge on any atom is 0.408 e. The molecule has 0 saturated heterocycles. The van der Waals surface area contributed by atoms with Gasteiger partial charge in [0.25, 0.3) is 0 Å². The Bertz CT molecular complexity index is 871. The number of ketones is 1. The predicted octanol–water partition coefficient (Wildman–Crippen LogP) is 5.10. The fraction of sp³-hybridized carbons (Fsp3) is 0.500. The first-order chi connectivity index (χ1) is 16.4. The number of nitrogens with one attached hydrogen (secondary N) is 2. The van der Waals surface area contributed by atoms with Crippen molar-refractivity contribution in [1.82, 2.24) is 10.6 Å². The van der Waals surface area contributed by atoms with Gasteiger partial charge in [-0.2, -0.15) is 0 Å². The first kappa shape index (κ1) is 27.5. The Hall–Kier alpha value is -2.74. The van der Waals surface area contributed by atoms with Crippen LogP contribution in [-0.4, -0.2) is 35.6 Å². The number of hydrogen-bond donors (Lipinski definition) is 2. The summed E-state index contributed by atoms with van der Waals surface area (Å²) in [4.78, 5) is 38.3. The number of hydrogen-bond acceptors (Lipinski definition) is 6. The van der Waals surface area contributed by atoms with E-state index in [1.165, 1.54) is 11.8 Å². The van der Waals surface area contributed by atoms with Crippen molar-refractivity contribution in [2.24, 2.45) is 5.92 Å². The maximum atomic E-state index is 13.1. The Balaban J connectivity index is 1.93. The first-order valence-corrected chi connectivity index (χ1v) is 12.9. The molecular weight excluding hydrogens is 452 g/mol. The average Bonchev–Trinajstić information content (AvgIpc) is 3.33. The molecule has 186 valence electrons. The summed E-state index contributed by atoms with van der Waals surface area (Å²) in [5.41, 5.74) is 0.861. The molecule has 2 aromatic rings. The molecule has 1 heterocycles. The van der Waals surface area contributed by atoms with Crippen molar-refractivity contribution in [2.45, 2.75) is 70.9 Å². The van der Waals surface area contributed by atoms with E-state index in [0.717, 1.165) is 24.2 Å². The fourth-order valence-corrected chi connectivity index (χ4v) is 4.22. The number of rotatable bonds is 15. The molecule has 0 fully saturated rings. The molecule has 0 bridgehead atoms. The van der Waals surface area contributed by atoms with Crippen molar-refractivity contribution < 1.29 is 23.5 Å². The van der Waals surface area contributed by atoms with Gasteiger partial charge in [-0.15, -0.1) is 11.8 Å². The third kappa shape index (κ3) is 10.5. The number of unbranched alkanes of at least 4 members (excludes halogenated alkanes) is 1. The summed E-state index contributed by atoms with van der Waals surface area (Å²) < 4.78 is 10.6. The standard InChI is InChI=1S/C26H36N2O5S/c1-4-5-13-22(24(29)18-34-17-21-12-9-14-32-21)27-25(30)23(15-19(2)3)28-26(31)33-16-20-10-7-6-8-11-20/h6-12,14,19,22-23H,4-5,13,15-18H2,1-3H3,(H,27,30)(H,28,31). The van der Waals surface area contributed by atoms with Crippen LogP contribution in [0.1, 0.15) is 57.8 Å². The Morgan fingerprint density at radius 3 is 2.44 bits per heavy atom. The Labute approximate surface area is 206 Å². The minimum Gasteiger partial charge on any atom is -0.468 e. The highest BCUT2D eigenvalue weighted by Crippen LogP contribution is 2.15. The zero-order valence-electron chi connectivity index (χ0n) is 20.3. The number of furan rings is 1. The van der Waals surface area contributed by atoms with Crippen LogP contribution >= 0.6 is 11.8 Å². The van der Waals surface area contributed by atoms with Crippen LogP contribution in [0.25, 0.3) is 0 Å². The van der Waals surface area contributed by atoms with E-state index < -0.39 is 18.2 Å². The lowest BCUT2D eigenvalue weighted by molar-refractivity contribution is -0.128. The van der Waals surface area contributed by atoms with E-state index in [1.807, 2.05) is 63.2 Å². The second-order valence-corrected chi connectivity index (χ2v) is 9.62. The van der Waals surface area contributed by atoms with Gasteiger partial charge in [0.2, 0.25) is 5.91 Å². The quantitative estimate of drug-likeness (QED) is 0.362. The maximum absolute atomic E-state index is 13.1. The first-order valence-electron chi connectivity index (χ1n) is 11.8. The smallest absolute Gasteiger partial charge is 0.408 e. The van der Waals surface area contributed by atoms with E-state index in [-0.39, 0.29) is 30.0 Å². The molecule has 0 aliphatic heterocycles. The van der Waals surface area contributed by atoms with E-state index in [4.69, 9.17) is 9.15 Å². The van der Waals surface area contributed by atoms with Gasteiger partial charge in [-0.1, -0.05) is 63.9 Å². The van der Waals surface area contributed by atoms with Crippen LogP contribution in [0.5, 0.6) is 0 Å². The third-order valence-electron chi connectivity index (χ3n) is 5.15. The molecule has 8 heteroatoms. The largest absolute Gasteiger partial charge is 0.468 e. The van der Waals surface area contributed by atoms with Gasteiger partial charge in [0, 0.05) is 0 Å². The van der Waals surface area contributed by atoms with Gasteiger partial charge in [-0.05, 0) is 36.5 Å². The van der Waals surface area contributed by atoms with Crippen LogP contribution in [0.2, 0.25) is 0 Å². The van der Waals surface area contributed by atoms with Crippen molar-refractivity contribution in [3.63, 3.8) is 0 Å². The minimum atomic E-state index is -0.782. The van der Waals surface area contributed by atoms with Crippen LogP contribution in [0.4, 0.5) is 4.79 Å². The Morgan fingerprint density at radius 1 is 1.03 bits per heavy atom. The molecular formula is C26H36N2O5S. The molecule has 2 N–H and O–H groups in total. The molecule has 2 atom stereocenters. The van der Waals surface area contributed by atoms with E-state index in [0.29, 0.717) is 18.6 Å². The number of carbonyl (C=O) groups excluding carboxylic acids is 3. The molecule has 0 aliphatic carbocycles. The molecule has 0 saturated carbocycles. The number of amides is 2. The second-order valence-electron chi connectivity index (χ2n) is 8.63. The predicted molar refractivity (Wildman–Crippen MR) is 134 cm³/mol. The van der Waals surface area contributed by atoms with Crippen LogP contribution < -0.4 is 10.6 Å². The number of thioether (sulfide) groups is 1. The number of Topliss-reactive ketones (excluding diaryl/α,β-unsaturated/α-hetero) is 1. The van der Waals surface area contributed by atoms with Gasteiger partial charge in [0.1, 0.15) is 18.4 Å². The van der Waals surface area contributed by atoms with Crippen LogP contribution in [0.3, 0.4) is 0 Å². The van der Waals surface area contributed by atoms with Gasteiger partial charge in [-0.3, -0.25) is 9.59 Å². The van der Waals surface area contributed by atoms with Crippen molar-refractivity contribution in [3.8, 4) is 0 Å². The van der Waals surface area contributed by atoms with E-state index in [2.05, 4.69) is 10.6 Å². The topological polar surface area (TPSA) is 97.6 Å². The van der Waals surface area contributed by atoms with Gasteiger partial charge in [-0.25, -0.2) is 4.79 Å². The molecule has 1 aromatic carbocycles. The SMILES string of the molecule is CCCCC(NC(=O)C(CC(C)C)NC(=O)OCc1ccccc1)C(=O)CSCc1ccco1. The second kappa shape index (κ2) is 15.2.